The Morgan fingerprint density at radius 2 is 1.88 bits per heavy atom. The largest absolute Gasteiger partial charge is 0.467 e. The van der Waals surface area contributed by atoms with Crippen molar-refractivity contribution < 1.29 is 13.6 Å². The highest BCUT2D eigenvalue weighted by Gasteiger charge is 2.18. The summed E-state index contributed by atoms with van der Waals surface area (Å²) in [6, 6.07) is 18.9. The molecule has 0 aliphatic carbocycles. The molecule has 128 valence electrons. The van der Waals surface area contributed by atoms with E-state index in [0.717, 1.165) is 11.1 Å². The van der Waals surface area contributed by atoms with Crippen molar-refractivity contribution in [1.82, 2.24) is 10.6 Å². The second-order valence-corrected chi connectivity index (χ2v) is 5.64. The van der Waals surface area contributed by atoms with E-state index < -0.39 is 0 Å². The Balaban J connectivity index is 1.59. The first-order valence-corrected chi connectivity index (χ1v) is 8.09. The molecule has 25 heavy (non-hydrogen) atoms. The van der Waals surface area contributed by atoms with Gasteiger partial charge in [0.05, 0.1) is 6.26 Å². The van der Waals surface area contributed by atoms with Gasteiger partial charge in [0, 0.05) is 6.54 Å². The molecular weight excluding hydrogens is 319 g/mol. The number of hydrogen-bond acceptors (Lipinski definition) is 2. The Hall–Kier alpha value is -3.08. The van der Waals surface area contributed by atoms with Crippen molar-refractivity contribution in [2.45, 2.75) is 12.5 Å². The van der Waals surface area contributed by atoms with Gasteiger partial charge >= 0.3 is 6.03 Å². The molecule has 1 atom stereocenters. The van der Waals surface area contributed by atoms with E-state index in [0.29, 0.717) is 18.7 Å². The van der Waals surface area contributed by atoms with Gasteiger partial charge in [0.1, 0.15) is 17.6 Å². The van der Waals surface area contributed by atoms with Crippen LogP contribution < -0.4 is 10.6 Å². The van der Waals surface area contributed by atoms with Gasteiger partial charge in [0.25, 0.3) is 0 Å². The maximum Gasteiger partial charge on any atom is 0.315 e. The first kappa shape index (κ1) is 16.8. The highest BCUT2D eigenvalue weighted by Crippen LogP contribution is 2.22. The van der Waals surface area contributed by atoms with Crippen LogP contribution in [-0.4, -0.2) is 12.6 Å². The Morgan fingerprint density at radius 1 is 1.04 bits per heavy atom. The first-order valence-electron chi connectivity index (χ1n) is 8.09. The van der Waals surface area contributed by atoms with Crippen LogP contribution in [0.15, 0.2) is 77.4 Å². The zero-order valence-electron chi connectivity index (χ0n) is 13.6. The van der Waals surface area contributed by atoms with Gasteiger partial charge in [-0.05, 0) is 41.8 Å². The number of amides is 2. The van der Waals surface area contributed by atoms with E-state index in [1.165, 1.54) is 12.1 Å². The van der Waals surface area contributed by atoms with Gasteiger partial charge in [0.2, 0.25) is 0 Å². The van der Waals surface area contributed by atoms with Crippen LogP contribution in [0, 0.1) is 5.82 Å². The smallest absolute Gasteiger partial charge is 0.315 e. The van der Waals surface area contributed by atoms with E-state index in [-0.39, 0.29) is 17.9 Å². The van der Waals surface area contributed by atoms with Gasteiger partial charge in [-0.15, -0.1) is 0 Å². The highest BCUT2D eigenvalue weighted by molar-refractivity contribution is 5.74. The number of hydrogen-bond donors (Lipinski definition) is 2. The predicted molar refractivity (Wildman–Crippen MR) is 93.6 cm³/mol. The summed E-state index contributed by atoms with van der Waals surface area (Å²) in [4.78, 5) is 12.2. The molecular formula is C20H19FN2O2. The Morgan fingerprint density at radius 3 is 2.60 bits per heavy atom. The van der Waals surface area contributed by atoms with Crippen LogP contribution in [0.1, 0.15) is 22.9 Å². The molecule has 0 aliphatic heterocycles. The number of urea groups is 1. The third-order valence-electron chi connectivity index (χ3n) is 3.82. The van der Waals surface area contributed by atoms with Crippen LogP contribution in [0.25, 0.3) is 0 Å². The van der Waals surface area contributed by atoms with Crippen molar-refractivity contribution >= 4 is 6.03 Å². The first-order chi connectivity index (χ1) is 12.2. The predicted octanol–water partition coefficient (Wildman–Crippen LogP) is 4.05. The van der Waals surface area contributed by atoms with Crippen LogP contribution in [-0.2, 0) is 6.42 Å². The van der Waals surface area contributed by atoms with Gasteiger partial charge in [-0.1, -0.05) is 42.5 Å². The summed E-state index contributed by atoms with van der Waals surface area (Å²) in [5.74, 6) is 0.385. The average molecular weight is 338 g/mol. The van der Waals surface area contributed by atoms with Gasteiger partial charge in [-0.2, -0.15) is 0 Å². The highest BCUT2D eigenvalue weighted by atomic mass is 19.1. The Kier molecular flexibility index (Phi) is 5.46. The number of rotatable bonds is 6. The second-order valence-electron chi connectivity index (χ2n) is 5.64. The third kappa shape index (κ3) is 4.70. The summed E-state index contributed by atoms with van der Waals surface area (Å²) in [6.45, 7) is 0.412. The summed E-state index contributed by atoms with van der Waals surface area (Å²) in [5, 5.41) is 5.71. The number of carbonyl (C=O) groups excluding carboxylic acids is 1. The van der Waals surface area contributed by atoms with Crippen molar-refractivity contribution in [1.29, 1.82) is 0 Å². The SMILES string of the molecule is O=C(NCCc1cccc(F)c1)NC(c1ccccc1)c1ccco1. The zero-order chi connectivity index (χ0) is 17.5. The van der Waals surface area contributed by atoms with Crippen LogP contribution in [0.2, 0.25) is 0 Å². The number of halogens is 1. The fourth-order valence-corrected chi connectivity index (χ4v) is 2.61. The molecule has 5 heteroatoms. The molecule has 0 bridgehead atoms. The van der Waals surface area contributed by atoms with Gasteiger partial charge < -0.3 is 15.1 Å². The third-order valence-corrected chi connectivity index (χ3v) is 3.82. The van der Waals surface area contributed by atoms with E-state index in [1.807, 2.05) is 42.5 Å². The van der Waals surface area contributed by atoms with Crippen LogP contribution in [0.4, 0.5) is 9.18 Å². The average Bonchev–Trinajstić information content (AvgIpc) is 3.15. The maximum atomic E-state index is 13.2. The standard InChI is InChI=1S/C20H19FN2O2/c21-17-9-4-6-15(14-17)11-12-22-20(24)23-19(18-10-5-13-25-18)16-7-2-1-3-8-16/h1-10,13-14,19H,11-12H2,(H2,22,23,24). The molecule has 3 aromatic rings. The summed E-state index contributed by atoms with van der Waals surface area (Å²) in [5.41, 5.74) is 1.77. The monoisotopic (exact) mass is 338 g/mol. The molecule has 2 amide bonds. The fraction of sp³-hybridized carbons (Fsp3) is 0.150. The second kappa shape index (κ2) is 8.15. The van der Waals surface area contributed by atoms with Gasteiger partial charge in [-0.3, -0.25) is 0 Å². The molecule has 1 aromatic heterocycles. The van der Waals surface area contributed by atoms with Crippen LogP contribution in [0.5, 0.6) is 0 Å². The lowest BCUT2D eigenvalue weighted by molar-refractivity contribution is 0.237. The van der Waals surface area contributed by atoms with E-state index in [9.17, 15) is 9.18 Å². The molecule has 1 heterocycles. The van der Waals surface area contributed by atoms with Crippen molar-refractivity contribution in [3.63, 3.8) is 0 Å². The van der Waals surface area contributed by atoms with Crippen molar-refractivity contribution in [2.75, 3.05) is 6.54 Å². The van der Waals surface area contributed by atoms with Crippen LogP contribution >= 0.6 is 0 Å². The van der Waals surface area contributed by atoms with Crippen molar-refractivity contribution in [3.8, 4) is 0 Å². The van der Waals surface area contributed by atoms with E-state index >= 15 is 0 Å². The number of nitrogens with one attached hydrogen (secondary N) is 2. The fourth-order valence-electron chi connectivity index (χ4n) is 2.61. The summed E-state index contributed by atoms with van der Waals surface area (Å²) in [6.07, 6.45) is 2.14. The van der Waals surface area contributed by atoms with Gasteiger partial charge in [-0.25, -0.2) is 9.18 Å². The molecule has 4 nitrogen and oxygen atoms in total. The molecule has 3 rings (SSSR count). The number of benzene rings is 2. The number of carbonyl (C=O) groups is 1. The minimum atomic E-state index is -0.370. The molecule has 2 N–H and O–H groups in total. The molecule has 0 fully saturated rings. The van der Waals surface area contributed by atoms with E-state index in [2.05, 4.69) is 10.6 Å². The molecule has 2 aromatic carbocycles. The Labute approximate surface area is 145 Å². The maximum absolute atomic E-state index is 13.2. The minimum Gasteiger partial charge on any atom is -0.467 e. The molecule has 0 radical (unpaired) electrons. The quantitative estimate of drug-likeness (QED) is 0.712. The van der Waals surface area contributed by atoms with Crippen molar-refractivity contribution in [2.24, 2.45) is 0 Å². The molecule has 0 saturated heterocycles. The van der Waals surface area contributed by atoms with E-state index in [4.69, 9.17) is 4.42 Å². The van der Waals surface area contributed by atoms with Crippen molar-refractivity contribution in [3.05, 3.63) is 95.7 Å². The topological polar surface area (TPSA) is 54.3 Å². The summed E-state index contributed by atoms with van der Waals surface area (Å²) < 4.78 is 18.6. The van der Waals surface area contributed by atoms with Gasteiger partial charge in [0.15, 0.2) is 0 Å². The lowest BCUT2D eigenvalue weighted by atomic mass is 10.1. The normalized spacial score (nSPS) is 11.7. The van der Waals surface area contributed by atoms with Crippen LogP contribution in [0.3, 0.4) is 0 Å². The Bertz CT molecular complexity index is 804. The lowest BCUT2D eigenvalue weighted by Gasteiger charge is -2.17. The summed E-state index contributed by atoms with van der Waals surface area (Å²) >= 11 is 0. The molecule has 0 aliphatic rings. The summed E-state index contributed by atoms with van der Waals surface area (Å²) in [7, 11) is 0. The molecule has 1 unspecified atom stereocenters. The minimum absolute atomic E-state index is 0.274. The van der Waals surface area contributed by atoms with E-state index in [1.54, 1.807) is 18.4 Å². The zero-order valence-corrected chi connectivity index (χ0v) is 13.6. The molecule has 0 spiro atoms. The lowest BCUT2D eigenvalue weighted by Crippen LogP contribution is -2.39. The molecule has 0 saturated carbocycles. The number of furan rings is 1.